The van der Waals surface area contributed by atoms with Gasteiger partial charge in [-0.1, -0.05) is 45.0 Å². The Kier molecular flexibility index (Phi) is 5.86. The van der Waals surface area contributed by atoms with Crippen LogP contribution in [0.15, 0.2) is 65.4 Å². The maximum atomic E-state index is 12.8. The van der Waals surface area contributed by atoms with Gasteiger partial charge in [0.1, 0.15) is 22.3 Å². The fourth-order valence-electron chi connectivity index (χ4n) is 3.24. The molecule has 33 heavy (non-hydrogen) atoms. The molecule has 2 aromatic carbocycles. The van der Waals surface area contributed by atoms with E-state index >= 15 is 0 Å². The highest BCUT2D eigenvalue weighted by Gasteiger charge is 2.36. The minimum atomic E-state index is -0.970. The molecule has 0 bridgehead atoms. The van der Waals surface area contributed by atoms with E-state index < -0.39 is 5.60 Å². The molecule has 0 fully saturated rings. The lowest BCUT2D eigenvalue weighted by atomic mass is 9.73. The zero-order valence-corrected chi connectivity index (χ0v) is 19.0. The zero-order valence-electron chi connectivity index (χ0n) is 19.0. The molecule has 2 aromatic heterocycles. The summed E-state index contributed by atoms with van der Waals surface area (Å²) in [6.07, 6.45) is 1.56. The minimum Gasteiger partial charge on any atom is -0.438 e. The lowest BCUT2D eigenvalue weighted by Crippen LogP contribution is -2.36. The predicted octanol–water partition coefficient (Wildman–Crippen LogP) is 4.59. The number of pyridine rings is 1. The third-order valence-corrected chi connectivity index (χ3v) is 5.89. The second kappa shape index (κ2) is 8.63. The van der Waals surface area contributed by atoms with E-state index in [1.807, 2.05) is 52.0 Å². The van der Waals surface area contributed by atoms with Gasteiger partial charge in [0.15, 0.2) is 0 Å². The molecular weight excluding hydrogens is 420 g/mol. The van der Waals surface area contributed by atoms with Crippen LogP contribution < -0.4 is 10.1 Å². The molecule has 0 saturated carbocycles. The molecular formula is C25H26N4O4. The van der Waals surface area contributed by atoms with Crippen molar-refractivity contribution in [1.82, 2.24) is 20.6 Å². The van der Waals surface area contributed by atoms with Crippen LogP contribution in [0, 0.1) is 5.41 Å². The van der Waals surface area contributed by atoms with Crippen LogP contribution in [0.3, 0.4) is 0 Å². The highest BCUT2D eigenvalue weighted by Crippen LogP contribution is 2.38. The van der Waals surface area contributed by atoms with Gasteiger partial charge < -0.3 is 15.2 Å². The fraction of sp³-hybridized carbons (Fsp3) is 0.280. The van der Waals surface area contributed by atoms with Gasteiger partial charge in [-0.3, -0.25) is 4.79 Å². The molecule has 2 N–H and O–H groups in total. The van der Waals surface area contributed by atoms with Gasteiger partial charge in [-0.05, 0) is 58.0 Å². The van der Waals surface area contributed by atoms with Crippen LogP contribution >= 0.6 is 0 Å². The number of rotatable bonds is 6. The van der Waals surface area contributed by atoms with Crippen molar-refractivity contribution in [2.45, 2.75) is 39.8 Å². The van der Waals surface area contributed by atoms with E-state index in [1.54, 1.807) is 36.5 Å². The van der Waals surface area contributed by atoms with Crippen LogP contribution in [0.5, 0.6) is 11.6 Å². The number of nitrogens with one attached hydrogen (secondary N) is 1. The van der Waals surface area contributed by atoms with Gasteiger partial charge in [-0.25, -0.2) is 9.61 Å². The molecule has 0 aliphatic heterocycles. The summed E-state index contributed by atoms with van der Waals surface area (Å²) in [6, 6.07) is 16.0. The first-order chi connectivity index (χ1) is 15.6. The number of hydrogen-bond acceptors (Lipinski definition) is 7. The number of nitrogens with zero attached hydrogens (tertiary/aromatic N) is 3. The Morgan fingerprint density at radius 3 is 2.48 bits per heavy atom. The summed E-state index contributed by atoms with van der Waals surface area (Å²) < 4.78 is 10.5. The van der Waals surface area contributed by atoms with Gasteiger partial charge in [-0.2, -0.15) is 0 Å². The number of benzene rings is 2. The summed E-state index contributed by atoms with van der Waals surface area (Å²) in [6.45, 7) is 8.12. The van der Waals surface area contributed by atoms with Gasteiger partial charge in [0, 0.05) is 18.8 Å². The number of aromatic nitrogens is 3. The van der Waals surface area contributed by atoms with E-state index in [0.717, 1.165) is 11.1 Å². The Hall–Kier alpha value is -3.78. The number of carbonyl (C=O) groups excluding carboxylic acids is 1. The number of ether oxygens (including phenoxy) is 1. The summed E-state index contributed by atoms with van der Waals surface area (Å²) in [4.78, 5) is 17.1. The van der Waals surface area contributed by atoms with Crippen LogP contribution in [0.4, 0.5) is 0 Å². The fourth-order valence-corrected chi connectivity index (χ4v) is 3.24. The first-order valence-electron chi connectivity index (χ1n) is 10.6. The van der Waals surface area contributed by atoms with Crippen LogP contribution in [-0.2, 0) is 12.1 Å². The van der Waals surface area contributed by atoms with Gasteiger partial charge >= 0.3 is 0 Å². The second-order valence-corrected chi connectivity index (χ2v) is 9.07. The van der Waals surface area contributed by atoms with Crippen LogP contribution in [0.1, 0.15) is 49.2 Å². The number of amides is 1. The standard InChI is InChI=1S/C25H26N4O4/c1-24(2,3)25(4,31)17-9-7-16(8-10-17)15-27-22(30)19-6-5-13-26-23(19)32-18-11-12-20-21(14-18)29-33-28-20/h5-14,31H,15H2,1-4H3,(H,27,30). The van der Waals surface area contributed by atoms with Crippen molar-refractivity contribution in [2.75, 3.05) is 0 Å². The van der Waals surface area contributed by atoms with Crippen molar-refractivity contribution in [3.05, 3.63) is 77.5 Å². The van der Waals surface area contributed by atoms with Crippen LogP contribution in [0.2, 0.25) is 0 Å². The topological polar surface area (TPSA) is 110 Å². The predicted molar refractivity (Wildman–Crippen MR) is 123 cm³/mol. The van der Waals surface area contributed by atoms with Crippen LogP contribution in [-0.4, -0.2) is 26.3 Å². The molecule has 170 valence electrons. The van der Waals surface area contributed by atoms with Gasteiger partial charge in [0.05, 0.1) is 5.60 Å². The Morgan fingerprint density at radius 2 is 1.76 bits per heavy atom. The zero-order chi connectivity index (χ0) is 23.6. The molecule has 1 amide bonds. The van der Waals surface area contributed by atoms with E-state index in [4.69, 9.17) is 9.37 Å². The van der Waals surface area contributed by atoms with Crippen molar-refractivity contribution < 1.29 is 19.3 Å². The molecule has 0 spiro atoms. The van der Waals surface area contributed by atoms with Crippen LogP contribution in [0.25, 0.3) is 11.0 Å². The minimum absolute atomic E-state index is 0.183. The third kappa shape index (κ3) is 4.70. The van der Waals surface area contributed by atoms with Crippen molar-refractivity contribution in [3.8, 4) is 11.6 Å². The van der Waals surface area contributed by atoms with E-state index in [1.165, 1.54) is 0 Å². The molecule has 8 nitrogen and oxygen atoms in total. The van der Waals surface area contributed by atoms with E-state index in [-0.39, 0.29) is 17.2 Å². The van der Waals surface area contributed by atoms with Gasteiger partial charge in [-0.15, -0.1) is 0 Å². The van der Waals surface area contributed by atoms with E-state index in [9.17, 15) is 9.90 Å². The molecule has 0 saturated heterocycles. The SMILES string of the molecule is CC(C)(C)C(C)(O)c1ccc(CNC(=O)c2cccnc2Oc2ccc3nonc3c2)cc1. The lowest BCUT2D eigenvalue weighted by molar-refractivity contribution is -0.0470. The Balaban J connectivity index is 1.45. The maximum absolute atomic E-state index is 12.8. The molecule has 4 aromatic rings. The molecule has 1 atom stereocenters. The molecule has 0 aliphatic rings. The monoisotopic (exact) mass is 446 g/mol. The number of fused-ring (bicyclic) bond motifs is 1. The molecule has 0 aliphatic carbocycles. The average Bonchev–Trinajstić information content (AvgIpc) is 3.25. The van der Waals surface area contributed by atoms with Crippen molar-refractivity contribution in [2.24, 2.45) is 5.41 Å². The summed E-state index contributed by atoms with van der Waals surface area (Å²) in [5, 5.41) is 21.3. The van der Waals surface area contributed by atoms with Gasteiger partial charge in [0.2, 0.25) is 5.88 Å². The number of hydrogen-bond donors (Lipinski definition) is 2. The molecule has 1 unspecified atom stereocenters. The smallest absolute Gasteiger partial charge is 0.257 e. The molecule has 8 heteroatoms. The number of carbonyl (C=O) groups is 1. The molecule has 4 rings (SSSR count). The summed E-state index contributed by atoms with van der Waals surface area (Å²) >= 11 is 0. The van der Waals surface area contributed by atoms with E-state index in [2.05, 4.69) is 20.6 Å². The largest absolute Gasteiger partial charge is 0.438 e. The summed E-state index contributed by atoms with van der Waals surface area (Å²) in [5.74, 6) is 0.336. The number of aliphatic hydroxyl groups is 1. The van der Waals surface area contributed by atoms with Gasteiger partial charge in [0.25, 0.3) is 5.91 Å². The van der Waals surface area contributed by atoms with E-state index in [0.29, 0.717) is 28.9 Å². The second-order valence-electron chi connectivity index (χ2n) is 9.07. The molecule has 2 heterocycles. The third-order valence-electron chi connectivity index (χ3n) is 5.89. The highest BCUT2D eigenvalue weighted by atomic mass is 16.6. The maximum Gasteiger partial charge on any atom is 0.257 e. The average molecular weight is 447 g/mol. The normalized spacial score (nSPS) is 13.5. The summed E-state index contributed by atoms with van der Waals surface area (Å²) in [7, 11) is 0. The Morgan fingerprint density at radius 1 is 1.03 bits per heavy atom. The van der Waals surface area contributed by atoms with Crippen molar-refractivity contribution in [1.29, 1.82) is 0 Å². The highest BCUT2D eigenvalue weighted by molar-refractivity contribution is 5.96. The first kappa shape index (κ1) is 22.4. The summed E-state index contributed by atoms with van der Waals surface area (Å²) in [5.41, 5.74) is 1.91. The first-order valence-corrected chi connectivity index (χ1v) is 10.6. The lowest BCUT2D eigenvalue weighted by Gasteiger charge is -2.37. The van der Waals surface area contributed by atoms with Crippen molar-refractivity contribution >= 4 is 16.9 Å². The quantitative estimate of drug-likeness (QED) is 0.445. The molecule has 0 radical (unpaired) electrons. The Bertz CT molecular complexity index is 1270. The van der Waals surface area contributed by atoms with Crippen molar-refractivity contribution in [3.63, 3.8) is 0 Å². The Labute approximate surface area is 191 Å².